The molecule has 1 aromatic carbocycles. The van der Waals surface area contributed by atoms with Crippen LogP contribution in [0.5, 0.6) is 0 Å². The van der Waals surface area contributed by atoms with Crippen molar-refractivity contribution in [1.82, 2.24) is 5.32 Å². The van der Waals surface area contributed by atoms with Crippen LogP contribution in [0.25, 0.3) is 0 Å². The van der Waals surface area contributed by atoms with Gasteiger partial charge in [-0.25, -0.2) is 0 Å². The zero-order valence-electron chi connectivity index (χ0n) is 13.7. The Morgan fingerprint density at radius 2 is 1.81 bits per heavy atom. The highest BCUT2D eigenvalue weighted by molar-refractivity contribution is 6.30. The van der Waals surface area contributed by atoms with Crippen molar-refractivity contribution >= 4 is 11.6 Å². The van der Waals surface area contributed by atoms with E-state index in [0.717, 1.165) is 16.9 Å². The summed E-state index contributed by atoms with van der Waals surface area (Å²) in [6, 6.07) is 9.54. The van der Waals surface area contributed by atoms with Crippen LogP contribution in [-0.4, -0.2) is 6.04 Å². The smallest absolute Gasteiger partial charge is 0.0406 e. The van der Waals surface area contributed by atoms with Crippen molar-refractivity contribution in [3.63, 3.8) is 0 Å². The maximum absolute atomic E-state index is 6.03. The van der Waals surface area contributed by atoms with Crippen LogP contribution in [0.15, 0.2) is 24.3 Å². The predicted octanol–water partition coefficient (Wildman–Crippen LogP) is 5.99. The second kappa shape index (κ2) is 8.19. The molecule has 1 aliphatic rings. The van der Waals surface area contributed by atoms with E-state index in [0.29, 0.717) is 12.1 Å². The van der Waals surface area contributed by atoms with Gasteiger partial charge in [0.05, 0.1) is 0 Å². The molecule has 0 heterocycles. The van der Waals surface area contributed by atoms with E-state index in [-0.39, 0.29) is 0 Å². The van der Waals surface area contributed by atoms with Crippen LogP contribution in [-0.2, 0) is 0 Å². The van der Waals surface area contributed by atoms with Gasteiger partial charge in [-0.05, 0) is 48.8 Å². The summed E-state index contributed by atoms with van der Waals surface area (Å²) >= 11 is 6.03. The molecule has 0 bridgehead atoms. The minimum Gasteiger partial charge on any atom is -0.307 e. The maximum Gasteiger partial charge on any atom is 0.0406 e. The fourth-order valence-electron chi connectivity index (χ4n) is 3.75. The van der Waals surface area contributed by atoms with Crippen molar-refractivity contribution in [3.05, 3.63) is 34.9 Å². The first-order valence-corrected chi connectivity index (χ1v) is 9.01. The first kappa shape index (κ1) is 16.8. The van der Waals surface area contributed by atoms with Gasteiger partial charge in [0, 0.05) is 17.1 Å². The lowest BCUT2D eigenvalue weighted by atomic mass is 9.77. The highest BCUT2D eigenvalue weighted by Gasteiger charge is 2.29. The lowest BCUT2D eigenvalue weighted by Crippen LogP contribution is -2.42. The van der Waals surface area contributed by atoms with Crippen LogP contribution in [0, 0.1) is 11.8 Å². The van der Waals surface area contributed by atoms with E-state index in [9.17, 15) is 0 Å². The van der Waals surface area contributed by atoms with Crippen LogP contribution in [0.2, 0.25) is 5.02 Å². The van der Waals surface area contributed by atoms with Crippen molar-refractivity contribution in [1.29, 1.82) is 0 Å². The van der Waals surface area contributed by atoms with Crippen molar-refractivity contribution in [3.8, 4) is 0 Å². The fourth-order valence-corrected chi connectivity index (χ4v) is 3.88. The second-order valence-corrected chi connectivity index (χ2v) is 7.29. The molecule has 3 atom stereocenters. The Labute approximate surface area is 135 Å². The number of hydrogen-bond donors (Lipinski definition) is 1. The number of nitrogens with one attached hydrogen (secondary N) is 1. The molecule has 0 aromatic heterocycles. The summed E-state index contributed by atoms with van der Waals surface area (Å²) in [4.78, 5) is 0. The van der Waals surface area contributed by atoms with Gasteiger partial charge in [0.15, 0.2) is 0 Å². The zero-order valence-corrected chi connectivity index (χ0v) is 14.5. The third-order valence-electron chi connectivity index (χ3n) is 4.94. The topological polar surface area (TPSA) is 12.0 Å². The monoisotopic (exact) mass is 307 g/mol. The Hall–Kier alpha value is -0.530. The molecule has 0 radical (unpaired) electrons. The van der Waals surface area contributed by atoms with E-state index in [4.69, 9.17) is 11.6 Å². The van der Waals surface area contributed by atoms with E-state index in [1.54, 1.807) is 0 Å². The van der Waals surface area contributed by atoms with E-state index in [1.807, 2.05) is 12.1 Å². The lowest BCUT2D eigenvalue weighted by molar-refractivity contribution is 0.189. The summed E-state index contributed by atoms with van der Waals surface area (Å²) in [6.07, 6.45) is 7.90. The lowest BCUT2D eigenvalue weighted by Gasteiger charge is -2.37. The molecule has 21 heavy (non-hydrogen) atoms. The van der Waals surface area contributed by atoms with Gasteiger partial charge in [-0.15, -0.1) is 0 Å². The highest BCUT2D eigenvalue weighted by atomic mass is 35.5. The molecular formula is C19H30ClN. The Balaban J connectivity index is 2.09. The molecule has 1 fully saturated rings. The molecule has 0 spiro atoms. The quantitative estimate of drug-likeness (QED) is 0.681. The molecule has 2 rings (SSSR count). The van der Waals surface area contributed by atoms with Gasteiger partial charge in [-0.2, -0.15) is 0 Å². The van der Waals surface area contributed by atoms with E-state index in [1.165, 1.54) is 44.1 Å². The molecule has 3 unspecified atom stereocenters. The first-order valence-electron chi connectivity index (χ1n) is 8.63. The van der Waals surface area contributed by atoms with Crippen LogP contribution >= 0.6 is 11.6 Å². The van der Waals surface area contributed by atoms with E-state index in [2.05, 4.69) is 38.2 Å². The summed E-state index contributed by atoms with van der Waals surface area (Å²) in [6.45, 7) is 7.02. The van der Waals surface area contributed by atoms with Crippen molar-refractivity contribution < 1.29 is 0 Å². The van der Waals surface area contributed by atoms with Gasteiger partial charge < -0.3 is 5.32 Å². The van der Waals surface area contributed by atoms with Crippen molar-refractivity contribution in [2.45, 2.75) is 71.4 Å². The summed E-state index contributed by atoms with van der Waals surface area (Å²) in [5.74, 6) is 1.60. The molecular weight excluding hydrogens is 278 g/mol. The SMILES string of the molecule is CCCC(NC1CCCCC1C(C)C)c1ccc(Cl)cc1. The number of benzene rings is 1. The molecule has 2 heteroatoms. The largest absolute Gasteiger partial charge is 0.307 e. The fraction of sp³-hybridized carbons (Fsp3) is 0.684. The van der Waals surface area contributed by atoms with Crippen LogP contribution in [0.1, 0.15) is 70.9 Å². The molecule has 1 nitrogen and oxygen atoms in total. The molecule has 1 aromatic rings. The summed E-state index contributed by atoms with van der Waals surface area (Å²) in [7, 11) is 0. The Morgan fingerprint density at radius 3 is 2.43 bits per heavy atom. The van der Waals surface area contributed by atoms with Gasteiger partial charge in [0.2, 0.25) is 0 Å². The molecule has 1 aliphatic carbocycles. The Kier molecular flexibility index (Phi) is 6.57. The van der Waals surface area contributed by atoms with Gasteiger partial charge in [-0.1, -0.05) is 63.8 Å². The average molecular weight is 308 g/mol. The summed E-state index contributed by atoms with van der Waals surface area (Å²) in [5.41, 5.74) is 1.38. The molecule has 1 N–H and O–H groups in total. The number of hydrogen-bond acceptors (Lipinski definition) is 1. The third kappa shape index (κ3) is 4.72. The Morgan fingerprint density at radius 1 is 1.14 bits per heavy atom. The maximum atomic E-state index is 6.03. The minimum atomic E-state index is 0.469. The van der Waals surface area contributed by atoms with Gasteiger partial charge in [0.1, 0.15) is 0 Å². The predicted molar refractivity (Wildman–Crippen MR) is 92.8 cm³/mol. The zero-order chi connectivity index (χ0) is 15.2. The first-order chi connectivity index (χ1) is 10.1. The average Bonchev–Trinajstić information content (AvgIpc) is 2.48. The van der Waals surface area contributed by atoms with Crippen molar-refractivity contribution in [2.24, 2.45) is 11.8 Å². The van der Waals surface area contributed by atoms with Crippen LogP contribution < -0.4 is 5.32 Å². The third-order valence-corrected chi connectivity index (χ3v) is 5.19. The molecule has 0 aliphatic heterocycles. The molecule has 0 amide bonds. The Bertz CT molecular complexity index is 412. The van der Waals surface area contributed by atoms with Crippen LogP contribution in [0.3, 0.4) is 0 Å². The standard InChI is InChI=1S/C19H30ClN/c1-4-7-18(15-10-12-16(20)13-11-15)21-19-9-6-5-8-17(19)14(2)3/h10-14,17-19,21H,4-9H2,1-3H3. The van der Waals surface area contributed by atoms with Gasteiger partial charge in [-0.3, -0.25) is 0 Å². The van der Waals surface area contributed by atoms with Gasteiger partial charge >= 0.3 is 0 Å². The van der Waals surface area contributed by atoms with Crippen LogP contribution in [0.4, 0.5) is 0 Å². The summed E-state index contributed by atoms with van der Waals surface area (Å²) < 4.78 is 0. The normalized spacial score (nSPS) is 24.2. The summed E-state index contributed by atoms with van der Waals surface area (Å²) in [5, 5.41) is 4.81. The second-order valence-electron chi connectivity index (χ2n) is 6.86. The molecule has 0 saturated heterocycles. The number of halogens is 1. The highest BCUT2D eigenvalue weighted by Crippen LogP contribution is 2.32. The molecule has 118 valence electrons. The van der Waals surface area contributed by atoms with Gasteiger partial charge in [0.25, 0.3) is 0 Å². The molecule has 1 saturated carbocycles. The van der Waals surface area contributed by atoms with E-state index >= 15 is 0 Å². The minimum absolute atomic E-state index is 0.469. The number of rotatable bonds is 6. The van der Waals surface area contributed by atoms with E-state index < -0.39 is 0 Å². The van der Waals surface area contributed by atoms with Crippen molar-refractivity contribution in [2.75, 3.05) is 0 Å².